The van der Waals surface area contributed by atoms with E-state index in [-0.39, 0.29) is 24.3 Å². The zero-order valence-electron chi connectivity index (χ0n) is 18.1. The van der Waals surface area contributed by atoms with Crippen LogP contribution in [0.3, 0.4) is 0 Å². The van der Waals surface area contributed by atoms with Crippen LogP contribution in [0, 0.1) is 11.8 Å². The van der Waals surface area contributed by atoms with E-state index in [2.05, 4.69) is 0 Å². The van der Waals surface area contributed by atoms with Gasteiger partial charge >= 0.3 is 11.9 Å². The number of ether oxygens (including phenoxy) is 4. The molecule has 30 heavy (non-hydrogen) atoms. The number of carbonyl (C=O) groups excluding carboxylic acids is 2. The van der Waals surface area contributed by atoms with Crippen LogP contribution in [0.1, 0.15) is 24.0 Å². The summed E-state index contributed by atoms with van der Waals surface area (Å²) >= 11 is 0. The molecular weight excluding hydrogens is 384 g/mol. The molecule has 0 aliphatic rings. The lowest BCUT2D eigenvalue weighted by atomic mass is 9.80. The molecule has 2 rings (SSSR count). The Bertz CT molecular complexity index is 832. The Balaban J connectivity index is 2.32. The SMILES string of the molecule is COC(=O)CC[C@@H](Cc1cccc(OC)c1)[C@H](Cc1cccc(OC)c1)C(=O)OC. The number of hydrogen-bond donors (Lipinski definition) is 0. The van der Waals surface area contributed by atoms with Crippen LogP contribution in [0.15, 0.2) is 48.5 Å². The highest BCUT2D eigenvalue weighted by molar-refractivity contribution is 5.73. The van der Waals surface area contributed by atoms with Gasteiger partial charge < -0.3 is 18.9 Å². The summed E-state index contributed by atoms with van der Waals surface area (Å²) in [6.45, 7) is 0. The lowest BCUT2D eigenvalue weighted by Gasteiger charge is -2.26. The van der Waals surface area contributed by atoms with Crippen molar-refractivity contribution in [2.45, 2.75) is 25.7 Å². The predicted molar refractivity (Wildman–Crippen MR) is 114 cm³/mol. The van der Waals surface area contributed by atoms with Crippen LogP contribution in [0.25, 0.3) is 0 Å². The second-order valence-electron chi connectivity index (χ2n) is 7.12. The molecule has 2 aromatic rings. The number of hydrogen-bond acceptors (Lipinski definition) is 6. The van der Waals surface area contributed by atoms with Gasteiger partial charge in [0.2, 0.25) is 0 Å². The zero-order chi connectivity index (χ0) is 21.9. The van der Waals surface area contributed by atoms with Crippen molar-refractivity contribution < 1.29 is 28.5 Å². The van der Waals surface area contributed by atoms with Crippen LogP contribution >= 0.6 is 0 Å². The van der Waals surface area contributed by atoms with Crippen molar-refractivity contribution in [2.75, 3.05) is 28.4 Å². The molecule has 2 aromatic carbocycles. The van der Waals surface area contributed by atoms with Gasteiger partial charge in [-0.1, -0.05) is 24.3 Å². The molecule has 6 nitrogen and oxygen atoms in total. The van der Waals surface area contributed by atoms with Gasteiger partial charge in [0, 0.05) is 6.42 Å². The number of methoxy groups -OCH3 is 4. The van der Waals surface area contributed by atoms with Gasteiger partial charge in [-0.05, 0) is 60.6 Å². The van der Waals surface area contributed by atoms with E-state index < -0.39 is 5.92 Å². The third-order valence-corrected chi connectivity index (χ3v) is 5.24. The molecule has 162 valence electrons. The minimum atomic E-state index is -0.419. The van der Waals surface area contributed by atoms with E-state index in [1.165, 1.54) is 14.2 Å². The minimum absolute atomic E-state index is 0.116. The number of benzene rings is 2. The summed E-state index contributed by atoms with van der Waals surface area (Å²) in [6, 6.07) is 15.4. The van der Waals surface area contributed by atoms with E-state index in [1.54, 1.807) is 14.2 Å². The summed E-state index contributed by atoms with van der Waals surface area (Å²) < 4.78 is 20.6. The maximum atomic E-state index is 12.7. The average Bonchev–Trinajstić information content (AvgIpc) is 2.79. The molecule has 0 aromatic heterocycles. The Morgan fingerprint density at radius 1 is 0.800 bits per heavy atom. The van der Waals surface area contributed by atoms with Crippen LogP contribution in [0.4, 0.5) is 0 Å². The first-order valence-corrected chi connectivity index (χ1v) is 9.91. The molecule has 0 spiro atoms. The molecular formula is C24H30O6. The largest absolute Gasteiger partial charge is 0.497 e. The third-order valence-electron chi connectivity index (χ3n) is 5.24. The average molecular weight is 414 g/mol. The zero-order valence-corrected chi connectivity index (χ0v) is 18.1. The van der Waals surface area contributed by atoms with E-state index in [9.17, 15) is 9.59 Å². The van der Waals surface area contributed by atoms with Gasteiger partial charge in [0.15, 0.2) is 0 Å². The Hall–Kier alpha value is -3.02. The van der Waals surface area contributed by atoms with Crippen LogP contribution < -0.4 is 9.47 Å². The highest BCUT2D eigenvalue weighted by atomic mass is 16.5. The number of rotatable bonds is 11. The van der Waals surface area contributed by atoms with Crippen molar-refractivity contribution in [3.8, 4) is 11.5 Å². The second-order valence-corrected chi connectivity index (χ2v) is 7.12. The first-order chi connectivity index (χ1) is 14.5. The highest BCUT2D eigenvalue weighted by Crippen LogP contribution is 2.29. The lowest BCUT2D eigenvalue weighted by molar-refractivity contribution is -0.148. The van der Waals surface area contributed by atoms with Crippen LogP contribution in [0.2, 0.25) is 0 Å². The maximum Gasteiger partial charge on any atom is 0.309 e. The summed E-state index contributed by atoms with van der Waals surface area (Å²) in [5.74, 6) is 0.357. The fourth-order valence-corrected chi connectivity index (χ4v) is 3.60. The van der Waals surface area contributed by atoms with Gasteiger partial charge in [-0.3, -0.25) is 9.59 Å². The Morgan fingerprint density at radius 2 is 1.37 bits per heavy atom. The van der Waals surface area contributed by atoms with E-state index in [0.29, 0.717) is 19.3 Å². The molecule has 0 aliphatic heterocycles. The van der Waals surface area contributed by atoms with E-state index in [1.807, 2.05) is 48.5 Å². The van der Waals surface area contributed by atoms with Crippen molar-refractivity contribution in [3.05, 3.63) is 59.7 Å². The van der Waals surface area contributed by atoms with Gasteiger partial charge in [-0.25, -0.2) is 0 Å². The van der Waals surface area contributed by atoms with Crippen molar-refractivity contribution in [1.29, 1.82) is 0 Å². The van der Waals surface area contributed by atoms with Crippen LogP contribution in [0.5, 0.6) is 11.5 Å². The summed E-state index contributed by atoms with van der Waals surface area (Å²) in [5.41, 5.74) is 2.00. The standard InChI is InChI=1S/C24H30O6/c1-27-20-9-5-7-17(14-20)13-19(11-12-23(25)29-3)22(24(26)30-4)16-18-8-6-10-21(15-18)28-2/h5-10,14-15,19,22H,11-13,16H2,1-4H3/t19-,22-/m0/s1. The normalized spacial score (nSPS) is 12.5. The monoisotopic (exact) mass is 414 g/mol. The molecule has 0 N–H and O–H groups in total. The molecule has 0 bridgehead atoms. The van der Waals surface area contributed by atoms with Crippen molar-refractivity contribution in [1.82, 2.24) is 0 Å². The van der Waals surface area contributed by atoms with Gasteiger partial charge in [-0.2, -0.15) is 0 Å². The van der Waals surface area contributed by atoms with Crippen molar-refractivity contribution in [3.63, 3.8) is 0 Å². The first-order valence-electron chi connectivity index (χ1n) is 9.91. The molecule has 0 saturated carbocycles. The Labute approximate surface area is 178 Å². The quantitative estimate of drug-likeness (QED) is 0.520. The minimum Gasteiger partial charge on any atom is -0.497 e. The van der Waals surface area contributed by atoms with Crippen molar-refractivity contribution >= 4 is 11.9 Å². The number of esters is 2. The maximum absolute atomic E-state index is 12.7. The topological polar surface area (TPSA) is 71.1 Å². The van der Waals surface area contributed by atoms with E-state index in [4.69, 9.17) is 18.9 Å². The summed E-state index contributed by atoms with van der Waals surface area (Å²) in [7, 11) is 5.99. The molecule has 0 amide bonds. The van der Waals surface area contributed by atoms with Gasteiger partial charge in [0.25, 0.3) is 0 Å². The lowest BCUT2D eigenvalue weighted by Crippen LogP contribution is -2.29. The molecule has 0 heterocycles. The van der Waals surface area contributed by atoms with Crippen LogP contribution in [-0.2, 0) is 31.9 Å². The van der Waals surface area contributed by atoms with E-state index in [0.717, 1.165) is 22.6 Å². The molecule has 2 atom stereocenters. The molecule has 0 saturated heterocycles. The molecule has 6 heteroatoms. The Morgan fingerprint density at radius 3 is 1.87 bits per heavy atom. The molecule has 0 fully saturated rings. The van der Waals surface area contributed by atoms with E-state index >= 15 is 0 Å². The van der Waals surface area contributed by atoms with Gasteiger partial charge in [-0.15, -0.1) is 0 Å². The van der Waals surface area contributed by atoms with Gasteiger partial charge in [0.05, 0.1) is 34.4 Å². The third kappa shape index (κ3) is 6.79. The predicted octanol–water partition coefficient (Wildman–Crippen LogP) is 3.85. The fourth-order valence-electron chi connectivity index (χ4n) is 3.60. The van der Waals surface area contributed by atoms with Crippen LogP contribution in [-0.4, -0.2) is 40.4 Å². The first kappa shape index (κ1) is 23.3. The smallest absolute Gasteiger partial charge is 0.309 e. The van der Waals surface area contributed by atoms with Gasteiger partial charge in [0.1, 0.15) is 11.5 Å². The summed E-state index contributed by atoms with van der Waals surface area (Å²) in [6.07, 6.45) is 1.84. The molecule has 0 unspecified atom stereocenters. The Kier molecular flexibility index (Phi) is 9.19. The fraction of sp³-hybridized carbons (Fsp3) is 0.417. The molecule has 0 radical (unpaired) electrons. The molecule has 0 aliphatic carbocycles. The summed E-state index contributed by atoms with van der Waals surface area (Å²) in [4.78, 5) is 24.5. The summed E-state index contributed by atoms with van der Waals surface area (Å²) in [5, 5.41) is 0. The number of carbonyl (C=O) groups is 2. The highest BCUT2D eigenvalue weighted by Gasteiger charge is 2.30. The second kappa shape index (κ2) is 11.9. The van der Waals surface area contributed by atoms with Crippen molar-refractivity contribution in [2.24, 2.45) is 11.8 Å².